The number of hydrogen-bond donors (Lipinski definition) is 1. The van der Waals surface area contributed by atoms with Crippen molar-refractivity contribution in [2.75, 3.05) is 46.7 Å². The van der Waals surface area contributed by atoms with Crippen molar-refractivity contribution in [1.82, 2.24) is 5.32 Å². The molecule has 0 spiro atoms. The van der Waals surface area contributed by atoms with Crippen LogP contribution in [-0.4, -0.2) is 52.7 Å². The molecule has 13 heavy (non-hydrogen) atoms. The van der Waals surface area contributed by atoms with Gasteiger partial charge < -0.3 is 19.5 Å². The van der Waals surface area contributed by atoms with Crippen LogP contribution in [0.2, 0.25) is 0 Å². The summed E-state index contributed by atoms with van der Waals surface area (Å²) in [4.78, 5) is 0. The van der Waals surface area contributed by atoms with E-state index < -0.39 is 0 Å². The van der Waals surface area contributed by atoms with Crippen LogP contribution >= 0.6 is 0 Å². The van der Waals surface area contributed by atoms with Gasteiger partial charge in [-0.3, -0.25) is 0 Å². The molecule has 0 aromatic rings. The molecular weight excluding hydrogens is 170 g/mol. The van der Waals surface area contributed by atoms with Gasteiger partial charge in [0.15, 0.2) is 0 Å². The molecule has 0 saturated carbocycles. The van der Waals surface area contributed by atoms with Crippen LogP contribution in [0, 0.1) is 0 Å². The molecule has 0 aliphatic carbocycles. The number of methoxy groups -OCH3 is 1. The van der Waals surface area contributed by atoms with Gasteiger partial charge >= 0.3 is 0 Å². The van der Waals surface area contributed by atoms with Gasteiger partial charge in [-0.15, -0.1) is 0 Å². The monoisotopic (exact) mass is 189 g/mol. The molecule has 1 rings (SSSR count). The highest BCUT2D eigenvalue weighted by molar-refractivity contribution is 4.70. The molecule has 4 heteroatoms. The molecule has 0 radical (unpaired) electrons. The molecule has 78 valence electrons. The van der Waals surface area contributed by atoms with E-state index in [1.807, 2.05) is 0 Å². The van der Waals surface area contributed by atoms with Gasteiger partial charge in [0.2, 0.25) is 0 Å². The first-order chi connectivity index (χ1) is 6.43. The van der Waals surface area contributed by atoms with Crippen molar-refractivity contribution in [3.05, 3.63) is 0 Å². The van der Waals surface area contributed by atoms with Crippen LogP contribution in [0.5, 0.6) is 0 Å². The molecule has 1 saturated heterocycles. The standard InChI is InChI=1S/C9H19NO3/c1-11-6-7-12-5-3-10-9-2-4-13-8-9/h9-10H,2-8H2,1H3. The smallest absolute Gasteiger partial charge is 0.0700 e. The predicted octanol–water partition coefficient (Wildman–Crippen LogP) is 0.0279. The van der Waals surface area contributed by atoms with Crippen molar-refractivity contribution in [3.8, 4) is 0 Å². The Hall–Kier alpha value is -0.160. The third-order valence-electron chi connectivity index (χ3n) is 2.04. The number of ether oxygens (including phenoxy) is 3. The summed E-state index contributed by atoms with van der Waals surface area (Å²) >= 11 is 0. The zero-order valence-corrected chi connectivity index (χ0v) is 8.25. The summed E-state index contributed by atoms with van der Waals surface area (Å²) in [5.74, 6) is 0. The SMILES string of the molecule is COCCOCCNC1CCOC1. The molecule has 4 nitrogen and oxygen atoms in total. The summed E-state index contributed by atoms with van der Waals surface area (Å²) in [6.45, 7) is 4.74. The largest absolute Gasteiger partial charge is 0.382 e. The lowest BCUT2D eigenvalue weighted by atomic mass is 10.3. The normalized spacial score (nSPS) is 22.4. The molecule has 0 amide bonds. The average molecular weight is 189 g/mol. The Kier molecular flexibility index (Phi) is 6.10. The van der Waals surface area contributed by atoms with E-state index in [2.05, 4.69) is 5.32 Å². The summed E-state index contributed by atoms with van der Waals surface area (Å²) in [6, 6.07) is 0.533. The van der Waals surface area contributed by atoms with Gasteiger partial charge in [0, 0.05) is 26.3 Å². The second-order valence-corrected chi connectivity index (χ2v) is 3.12. The highest BCUT2D eigenvalue weighted by Gasteiger charge is 2.13. The van der Waals surface area contributed by atoms with E-state index in [-0.39, 0.29) is 0 Å². The lowest BCUT2D eigenvalue weighted by molar-refractivity contribution is 0.0708. The molecule has 0 bridgehead atoms. The van der Waals surface area contributed by atoms with Crippen LogP contribution in [0.3, 0.4) is 0 Å². The fourth-order valence-corrected chi connectivity index (χ4v) is 1.28. The highest BCUT2D eigenvalue weighted by atomic mass is 16.5. The quantitative estimate of drug-likeness (QED) is 0.573. The van der Waals surface area contributed by atoms with Crippen molar-refractivity contribution in [2.45, 2.75) is 12.5 Å². The van der Waals surface area contributed by atoms with E-state index in [0.29, 0.717) is 19.3 Å². The van der Waals surface area contributed by atoms with Gasteiger partial charge in [0.1, 0.15) is 0 Å². The minimum absolute atomic E-state index is 0.533. The minimum atomic E-state index is 0.533. The maximum absolute atomic E-state index is 5.31. The molecule has 1 fully saturated rings. The fraction of sp³-hybridized carbons (Fsp3) is 1.00. The van der Waals surface area contributed by atoms with Crippen molar-refractivity contribution < 1.29 is 14.2 Å². The molecular formula is C9H19NO3. The molecule has 1 aliphatic heterocycles. The fourth-order valence-electron chi connectivity index (χ4n) is 1.28. The third-order valence-corrected chi connectivity index (χ3v) is 2.04. The minimum Gasteiger partial charge on any atom is -0.382 e. The van der Waals surface area contributed by atoms with E-state index in [0.717, 1.165) is 32.8 Å². The van der Waals surface area contributed by atoms with Crippen LogP contribution in [0.1, 0.15) is 6.42 Å². The molecule has 0 aromatic heterocycles. The first-order valence-electron chi connectivity index (χ1n) is 4.81. The summed E-state index contributed by atoms with van der Waals surface area (Å²) in [6.07, 6.45) is 1.12. The van der Waals surface area contributed by atoms with Gasteiger partial charge in [0.05, 0.1) is 26.4 Å². The van der Waals surface area contributed by atoms with Crippen molar-refractivity contribution >= 4 is 0 Å². The number of hydrogen-bond acceptors (Lipinski definition) is 4. The first-order valence-corrected chi connectivity index (χ1v) is 4.81. The van der Waals surface area contributed by atoms with Gasteiger partial charge in [-0.05, 0) is 6.42 Å². The summed E-state index contributed by atoms with van der Waals surface area (Å²) in [7, 11) is 1.68. The average Bonchev–Trinajstić information content (AvgIpc) is 2.63. The maximum atomic E-state index is 5.31. The van der Waals surface area contributed by atoms with Gasteiger partial charge in [-0.1, -0.05) is 0 Å². The Morgan fingerprint density at radius 2 is 2.31 bits per heavy atom. The van der Waals surface area contributed by atoms with E-state index in [1.54, 1.807) is 7.11 Å². The van der Waals surface area contributed by atoms with Crippen LogP contribution in [0.25, 0.3) is 0 Å². The second-order valence-electron chi connectivity index (χ2n) is 3.12. The Bertz CT molecular complexity index is 115. The summed E-state index contributed by atoms with van der Waals surface area (Å²) < 4.78 is 15.4. The Labute approximate surface area is 79.5 Å². The Morgan fingerprint density at radius 3 is 3.00 bits per heavy atom. The lowest BCUT2D eigenvalue weighted by Crippen LogP contribution is -2.32. The molecule has 1 heterocycles. The zero-order valence-electron chi connectivity index (χ0n) is 8.25. The first kappa shape index (κ1) is 10.9. The molecule has 0 aromatic carbocycles. The Morgan fingerprint density at radius 1 is 1.38 bits per heavy atom. The van der Waals surface area contributed by atoms with E-state index >= 15 is 0 Å². The topological polar surface area (TPSA) is 39.7 Å². The second kappa shape index (κ2) is 7.26. The molecule has 1 atom stereocenters. The van der Waals surface area contributed by atoms with Gasteiger partial charge in [-0.25, -0.2) is 0 Å². The van der Waals surface area contributed by atoms with E-state index in [4.69, 9.17) is 14.2 Å². The summed E-state index contributed by atoms with van der Waals surface area (Å²) in [5.41, 5.74) is 0. The third kappa shape index (κ3) is 5.21. The van der Waals surface area contributed by atoms with Crippen molar-refractivity contribution in [3.63, 3.8) is 0 Å². The van der Waals surface area contributed by atoms with Crippen LogP contribution < -0.4 is 5.32 Å². The van der Waals surface area contributed by atoms with Crippen LogP contribution in [-0.2, 0) is 14.2 Å². The van der Waals surface area contributed by atoms with Crippen molar-refractivity contribution in [1.29, 1.82) is 0 Å². The zero-order chi connectivity index (χ0) is 9.36. The lowest BCUT2D eigenvalue weighted by Gasteiger charge is -2.10. The van der Waals surface area contributed by atoms with E-state index in [1.165, 1.54) is 0 Å². The molecule has 1 unspecified atom stereocenters. The number of rotatable bonds is 7. The molecule has 1 N–H and O–H groups in total. The van der Waals surface area contributed by atoms with E-state index in [9.17, 15) is 0 Å². The highest BCUT2D eigenvalue weighted by Crippen LogP contribution is 2.02. The molecule has 1 aliphatic rings. The summed E-state index contributed by atoms with van der Waals surface area (Å²) in [5, 5.41) is 3.37. The van der Waals surface area contributed by atoms with Crippen molar-refractivity contribution in [2.24, 2.45) is 0 Å². The van der Waals surface area contributed by atoms with Crippen LogP contribution in [0.4, 0.5) is 0 Å². The Balaban J connectivity index is 1.78. The predicted molar refractivity (Wildman–Crippen MR) is 49.9 cm³/mol. The van der Waals surface area contributed by atoms with Crippen LogP contribution in [0.15, 0.2) is 0 Å². The van der Waals surface area contributed by atoms with Gasteiger partial charge in [-0.2, -0.15) is 0 Å². The number of nitrogens with one attached hydrogen (secondary N) is 1. The van der Waals surface area contributed by atoms with Gasteiger partial charge in [0.25, 0.3) is 0 Å². The maximum Gasteiger partial charge on any atom is 0.0700 e.